The number of anilines is 2. The molecular formula is C15H16ClN. The SMILES string of the molecule is Cc1ccccc1N(C)c1ccc(CCl)cc1. The Balaban J connectivity index is 2.30. The highest BCUT2D eigenvalue weighted by Gasteiger charge is 2.05. The summed E-state index contributed by atoms with van der Waals surface area (Å²) < 4.78 is 0. The molecule has 2 heteroatoms. The van der Waals surface area contributed by atoms with Gasteiger partial charge in [0.15, 0.2) is 0 Å². The van der Waals surface area contributed by atoms with Gasteiger partial charge in [-0.05, 0) is 36.2 Å². The van der Waals surface area contributed by atoms with Gasteiger partial charge in [-0.25, -0.2) is 0 Å². The van der Waals surface area contributed by atoms with Crippen molar-refractivity contribution in [1.29, 1.82) is 0 Å². The van der Waals surface area contributed by atoms with Crippen LogP contribution in [0.2, 0.25) is 0 Å². The van der Waals surface area contributed by atoms with Crippen molar-refractivity contribution in [3.05, 3.63) is 59.7 Å². The van der Waals surface area contributed by atoms with Gasteiger partial charge in [0.1, 0.15) is 0 Å². The monoisotopic (exact) mass is 245 g/mol. The van der Waals surface area contributed by atoms with Crippen molar-refractivity contribution in [2.75, 3.05) is 11.9 Å². The molecule has 0 saturated carbocycles. The molecule has 0 aliphatic heterocycles. The van der Waals surface area contributed by atoms with Crippen molar-refractivity contribution in [2.45, 2.75) is 12.8 Å². The highest BCUT2D eigenvalue weighted by Crippen LogP contribution is 2.26. The molecule has 2 rings (SSSR count). The Morgan fingerprint density at radius 2 is 1.65 bits per heavy atom. The number of aryl methyl sites for hydroxylation is 1. The number of hydrogen-bond acceptors (Lipinski definition) is 1. The van der Waals surface area contributed by atoms with Crippen molar-refractivity contribution in [1.82, 2.24) is 0 Å². The van der Waals surface area contributed by atoms with Crippen LogP contribution in [0.15, 0.2) is 48.5 Å². The molecule has 0 aliphatic carbocycles. The van der Waals surface area contributed by atoms with E-state index in [1.807, 2.05) is 0 Å². The van der Waals surface area contributed by atoms with E-state index in [0.717, 1.165) is 5.56 Å². The first-order chi connectivity index (χ1) is 8.22. The number of benzene rings is 2. The van der Waals surface area contributed by atoms with Gasteiger partial charge in [0.2, 0.25) is 0 Å². The predicted molar refractivity (Wildman–Crippen MR) is 75.2 cm³/mol. The van der Waals surface area contributed by atoms with Crippen LogP contribution in [-0.2, 0) is 5.88 Å². The molecule has 88 valence electrons. The molecule has 0 fully saturated rings. The predicted octanol–water partition coefficient (Wildman–Crippen LogP) is 4.50. The quantitative estimate of drug-likeness (QED) is 0.720. The maximum absolute atomic E-state index is 5.79. The van der Waals surface area contributed by atoms with Crippen LogP contribution in [-0.4, -0.2) is 7.05 Å². The third kappa shape index (κ3) is 2.62. The fourth-order valence-electron chi connectivity index (χ4n) is 1.89. The number of nitrogens with zero attached hydrogens (tertiary/aromatic N) is 1. The molecule has 1 nitrogen and oxygen atoms in total. The van der Waals surface area contributed by atoms with E-state index in [1.165, 1.54) is 16.9 Å². The van der Waals surface area contributed by atoms with Crippen LogP contribution in [0.1, 0.15) is 11.1 Å². The smallest absolute Gasteiger partial charge is 0.0474 e. The van der Waals surface area contributed by atoms with Gasteiger partial charge < -0.3 is 4.90 Å². The minimum absolute atomic E-state index is 0.564. The molecule has 0 bridgehead atoms. The lowest BCUT2D eigenvalue weighted by molar-refractivity contribution is 1.18. The van der Waals surface area contributed by atoms with Gasteiger partial charge in [-0.2, -0.15) is 0 Å². The minimum atomic E-state index is 0.564. The van der Waals surface area contributed by atoms with Gasteiger partial charge in [0.05, 0.1) is 0 Å². The summed E-state index contributed by atoms with van der Waals surface area (Å²) in [6, 6.07) is 16.7. The molecule has 2 aromatic rings. The molecule has 0 saturated heterocycles. The first-order valence-electron chi connectivity index (χ1n) is 5.66. The van der Waals surface area contributed by atoms with Gasteiger partial charge in [0.25, 0.3) is 0 Å². The zero-order valence-corrected chi connectivity index (χ0v) is 10.9. The Labute approximate surface area is 108 Å². The van der Waals surface area contributed by atoms with Crippen LogP contribution < -0.4 is 4.90 Å². The van der Waals surface area contributed by atoms with Crippen molar-refractivity contribution in [2.24, 2.45) is 0 Å². The summed E-state index contributed by atoms with van der Waals surface area (Å²) in [5, 5.41) is 0. The largest absolute Gasteiger partial charge is 0.344 e. The number of para-hydroxylation sites is 1. The summed E-state index contributed by atoms with van der Waals surface area (Å²) in [5.41, 5.74) is 4.82. The Kier molecular flexibility index (Phi) is 3.70. The molecule has 2 aromatic carbocycles. The third-order valence-corrected chi connectivity index (χ3v) is 3.26. The van der Waals surface area contributed by atoms with Crippen molar-refractivity contribution in [3.8, 4) is 0 Å². The second-order valence-corrected chi connectivity index (χ2v) is 4.41. The maximum atomic E-state index is 5.79. The van der Waals surface area contributed by atoms with E-state index in [9.17, 15) is 0 Å². The Bertz CT molecular complexity index is 491. The second-order valence-electron chi connectivity index (χ2n) is 4.15. The average Bonchev–Trinajstić information content (AvgIpc) is 2.39. The van der Waals surface area contributed by atoms with Gasteiger partial charge >= 0.3 is 0 Å². The molecule has 0 radical (unpaired) electrons. The van der Waals surface area contributed by atoms with Gasteiger partial charge in [-0.3, -0.25) is 0 Å². The fraction of sp³-hybridized carbons (Fsp3) is 0.200. The molecule has 0 amide bonds. The van der Waals surface area contributed by atoms with E-state index >= 15 is 0 Å². The van der Waals surface area contributed by atoms with E-state index in [4.69, 9.17) is 11.6 Å². The summed E-state index contributed by atoms with van der Waals surface area (Å²) in [4.78, 5) is 2.19. The van der Waals surface area contributed by atoms with Gasteiger partial charge in [0, 0.05) is 24.3 Å². The lowest BCUT2D eigenvalue weighted by Gasteiger charge is -2.21. The molecule has 0 unspecified atom stereocenters. The summed E-state index contributed by atoms with van der Waals surface area (Å²) >= 11 is 5.79. The standard InChI is InChI=1S/C15H16ClN/c1-12-5-3-4-6-15(12)17(2)14-9-7-13(11-16)8-10-14/h3-10H,11H2,1-2H3. The Morgan fingerprint density at radius 1 is 1.00 bits per heavy atom. The first kappa shape index (κ1) is 12.0. The number of hydrogen-bond donors (Lipinski definition) is 0. The number of halogens is 1. The van der Waals surface area contributed by atoms with E-state index in [-0.39, 0.29) is 0 Å². The molecule has 0 spiro atoms. The van der Waals surface area contributed by atoms with Crippen LogP contribution in [0, 0.1) is 6.92 Å². The van der Waals surface area contributed by atoms with Crippen LogP contribution in [0.25, 0.3) is 0 Å². The van der Waals surface area contributed by atoms with E-state index in [2.05, 4.69) is 67.4 Å². The molecule has 0 atom stereocenters. The lowest BCUT2D eigenvalue weighted by atomic mass is 10.1. The Morgan fingerprint density at radius 3 is 2.24 bits per heavy atom. The first-order valence-corrected chi connectivity index (χ1v) is 6.20. The topological polar surface area (TPSA) is 3.24 Å². The normalized spacial score (nSPS) is 10.3. The fourth-order valence-corrected chi connectivity index (χ4v) is 2.07. The molecule has 0 N–H and O–H groups in total. The maximum Gasteiger partial charge on any atom is 0.0474 e. The number of alkyl halides is 1. The van der Waals surface area contributed by atoms with Crippen molar-refractivity contribution >= 4 is 23.0 Å². The summed E-state index contributed by atoms with van der Waals surface area (Å²) in [6.07, 6.45) is 0. The lowest BCUT2D eigenvalue weighted by Crippen LogP contribution is -2.10. The van der Waals surface area contributed by atoms with Crippen LogP contribution in [0.4, 0.5) is 11.4 Å². The second kappa shape index (κ2) is 5.24. The summed E-state index contributed by atoms with van der Waals surface area (Å²) in [5.74, 6) is 0.564. The van der Waals surface area contributed by atoms with Crippen LogP contribution >= 0.6 is 11.6 Å². The van der Waals surface area contributed by atoms with E-state index in [0.29, 0.717) is 5.88 Å². The minimum Gasteiger partial charge on any atom is -0.344 e. The van der Waals surface area contributed by atoms with Gasteiger partial charge in [-0.1, -0.05) is 30.3 Å². The van der Waals surface area contributed by atoms with Crippen LogP contribution in [0.5, 0.6) is 0 Å². The van der Waals surface area contributed by atoms with E-state index in [1.54, 1.807) is 0 Å². The third-order valence-electron chi connectivity index (χ3n) is 2.95. The zero-order chi connectivity index (χ0) is 12.3. The average molecular weight is 246 g/mol. The molecule has 17 heavy (non-hydrogen) atoms. The van der Waals surface area contributed by atoms with Crippen molar-refractivity contribution < 1.29 is 0 Å². The molecule has 0 aromatic heterocycles. The molecule has 0 aliphatic rings. The van der Waals surface area contributed by atoms with Crippen molar-refractivity contribution in [3.63, 3.8) is 0 Å². The highest BCUT2D eigenvalue weighted by atomic mass is 35.5. The number of rotatable bonds is 3. The van der Waals surface area contributed by atoms with Gasteiger partial charge in [-0.15, -0.1) is 11.6 Å². The van der Waals surface area contributed by atoms with Crippen LogP contribution in [0.3, 0.4) is 0 Å². The highest BCUT2D eigenvalue weighted by molar-refractivity contribution is 6.17. The summed E-state index contributed by atoms with van der Waals surface area (Å²) in [6.45, 7) is 2.12. The Hall–Kier alpha value is -1.47. The van der Waals surface area contributed by atoms with E-state index < -0.39 is 0 Å². The molecular weight excluding hydrogens is 230 g/mol. The molecule has 0 heterocycles. The zero-order valence-electron chi connectivity index (χ0n) is 10.2. The summed E-state index contributed by atoms with van der Waals surface area (Å²) in [7, 11) is 2.08.